The minimum Gasteiger partial charge on any atom is -0.350 e. The zero-order chi connectivity index (χ0) is 18.9. The SMILES string of the molecule is Cc1nc2ccc(Br)cn2c1C(=O)NCCc1ccc(S(N)(=O)=O)cc1. The van der Waals surface area contributed by atoms with Gasteiger partial charge < -0.3 is 5.32 Å². The number of primary sulfonamides is 1. The number of sulfonamides is 1. The molecule has 0 unspecified atom stereocenters. The summed E-state index contributed by atoms with van der Waals surface area (Å²) in [6, 6.07) is 9.98. The van der Waals surface area contributed by atoms with Crippen molar-refractivity contribution in [2.24, 2.45) is 5.14 Å². The van der Waals surface area contributed by atoms with Gasteiger partial charge in [0.15, 0.2) is 0 Å². The zero-order valence-corrected chi connectivity index (χ0v) is 16.3. The quantitative estimate of drug-likeness (QED) is 0.637. The summed E-state index contributed by atoms with van der Waals surface area (Å²) in [6.07, 6.45) is 2.37. The molecule has 0 aliphatic carbocycles. The van der Waals surface area contributed by atoms with E-state index in [4.69, 9.17) is 5.14 Å². The molecule has 0 saturated heterocycles. The average Bonchev–Trinajstić information content (AvgIpc) is 2.89. The molecule has 1 aromatic carbocycles. The van der Waals surface area contributed by atoms with E-state index in [1.807, 2.05) is 12.1 Å². The molecule has 7 nitrogen and oxygen atoms in total. The van der Waals surface area contributed by atoms with Crippen LogP contribution in [0.25, 0.3) is 5.65 Å². The van der Waals surface area contributed by atoms with E-state index < -0.39 is 10.0 Å². The lowest BCUT2D eigenvalue weighted by molar-refractivity contribution is 0.0947. The first-order valence-corrected chi connectivity index (χ1v) is 10.1. The van der Waals surface area contributed by atoms with Crippen LogP contribution in [0.5, 0.6) is 0 Å². The number of rotatable bonds is 5. The molecule has 0 radical (unpaired) electrons. The van der Waals surface area contributed by atoms with Crippen LogP contribution in [0.3, 0.4) is 0 Å². The number of imidazole rings is 1. The minimum absolute atomic E-state index is 0.0669. The molecule has 1 amide bonds. The number of carbonyl (C=O) groups is 1. The van der Waals surface area contributed by atoms with Crippen molar-refractivity contribution < 1.29 is 13.2 Å². The van der Waals surface area contributed by atoms with E-state index in [0.717, 1.165) is 10.0 Å². The molecule has 0 fully saturated rings. The number of aromatic nitrogens is 2. The maximum atomic E-state index is 12.5. The normalized spacial score (nSPS) is 11.7. The highest BCUT2D eigenvalue weighted by Gasteiger charge is 2.16. The molecule has 3 aromatic rings. The van der Waals surface area contributed by atoms with Crippen molar-refractivity contribution in [3.05, 3.63) is 64.0 Å². The maximum Gasteiger partial charge on any atom is 0.270 e. The number of hydrogen-bond acceptors (Lipinski definition) is 4. The summed E-state index contributed by atoms with van der Waals surface area (Å²) in [5.74, 6) is -0.214. The first kappa shape index (κ1) is 18.6. The van der Waals surface area contributed by atoms with E-state index in [2.05, 4.69) is 26.2 Å². The largest absolute Gasteiger partial charge is 0.350 e. The van der Waals surface area contributed by atoms with Gasteiger partial charge in [-0.05, 0) is 59.1 Å². The van der Waals surface area contributed by atoms with E-state index in [-0.39, 0.29) is 10.8 Å². The number of nitrogens with one attached hydrogen (secondary N) is 1. The van der Waals surface area contributed by atoms with Crippen molar-refractivity contribution in [3.63, 3.8) is 0 Å². The lowest BCUT2D eigenvalue weighted by Crippen LogP contribution is -2.27. The van der Waals surface area contributed by atoms with Gasteiger partial charge in [0.05, 0.1) is 10.6 Å². The molecular formula is C17H17BrN4O3S. The fourth-order valence-corrected chi connectivity index (χ4v) is 3.51. The Morgan fingerprint density at radius 2 is 1.92 bits per heavy atom. The van der Waals surface area contributed by atoms with Crippen molar-refractivity contribution in [3.8, 4) is 0 Å². The second kappa shape index (κ2) is 7.18. The molecule has 0 aliphatic rings. The third-order valence-corrected chi connectivity index (χ3v) is 5.32. The van der Waals surface area contributed by atoms with Gasteiger partial charge in [0.1, 0.15) is 11.3 Å². The monoisotopic (exact) mass is 436 g/mol. The van der Waals surface area contributed by atoms with Crippen LogP contribution >= 0.6 is 15.9 Å². The van der Waals surface area contributed by atoms with Crippen LogP contribution < -0.4 is 10.5 Å². The van der Waals surface area contributed by atoms with Gasteiger partial charge >= 0.3 is 0 Å². The van der Waals surface area contributed by atoms with E-state index in [9.17, 15) is 13.2 Å². The zero-order valence-electron chi connectivity index (χ0n) is 13.9. The first-order chi connectivity index (χ1) is 12.3. The Morgan fingerprint density at radius 1 is 1.23 bits per heavy atom. The van der Waals surface area contributed by atoms with Gasteiger partial charge in [0.2, 0.25) is 10.0 Å². The van der Waals surface area contributed by atoms with Gasteiger partial charge in [0.25, 0.3) is 5.91 Å². The van der Waals surface area contributed by atoms with Gasteiger partial charge in [-0.3, -0.25) is 9.20 Å². The molecule has 26 heavy (non-hydrogen) atoms. The van der Waals surface area contributed by atoms with Gasteiger partial charge in [0, 0.05) is 17.2 Å². The third kappa shape index (κ3) is 3.95. The van der Waals surface area contributed by atoms with E-state index in [0.29, 0.717) is 30.0 Å². The Labute approximate surface area is 159 Å². The number of nitrogens with zero attached hydrogens (tertiary/aromatic N) is 2. The van der Waals surface area contributed by atoms with Crippen molar-refractivity contribution in [1.82, 2.24) is 14.7 Å². The summed E-state index contributed by atoms with van der Waals surface area (Å²) in [4.78, 5) is 17.0. The summed E-state index contributed by atoms with van der Waals surface area (Å²) < 4.78 is 25.1. The first-order valence-electron chi connectivity index (χ1n) is 7.80. The summed E-state index contributed by atoms with van der Waals surface area (Å²) in [7, 11) is -3.70. The van der Waals surface area contributed by atoms with Gasteiger partial charge in [-0.1, -0.05) is 12.1 Å². The molecule has 0 saturated carbocycles. The van der Waals surface area contributed by atoms with Crippen LogP contribution in [-0.2, 0) is 16.4 Å². The van der Waals surface area contributed by atoms with E-state index in [1.165, 1.54) is 12.1 Å². The highest BCUT2D eigenvalue weighted by molar-refractivity contribution is 9.10. The van der Waals surface area contributed by atoms with Crippen LogP contribution in [0.2, 0.25) is 0 Å². The number of amides is 1. The Bertz CT molecular complexity index is 1080. The molecular weight excluding hydrogens is 420 g/mol. The number of benzene rings is 1. The minimum atomic E-state index is -3.70. The number of halogens is 1. The molecule has 3 N–H and O–H groups in total. The highest BCUT2D eigenvalue weighted by atomic mass is 79.9. The van der Waals surface area contributed by atoms with Crippen LogP contribution in [0.4, 0.5) is 0 Å². The van der Waals surface area contributed by atoms with Crippen LogP contribution in [0.15, 0.2) is 52.0 Å². The standard InChI is InChI=1S/C17H17BrN4O3S/c1-11-16(22-10-13(18)4-7-15(22)21-11)17(23)20-9-8-12-2-5-14(6-3-12)26(19,24)25/h2-7,10H,8-9H2,1H3,(H,20,23)(H2,19,24,25). The predicted octanol–water partition coefficient (Wildman–Crippen LogP) is 2.03. The third-order valence-electron chi connectivity index (χ3n) is 3.92. The van der Waals surface area contributed by atoms with Crippen molar-refractivity contribution in [2.75, 3.05) is 6.54 Å². The number of aryl methyl sites for hydroxylation is 1. The lowest BCUT2D eigenvalue weighted by atomic mass is 10.1. The Kier molecular flexibility index (Phi) is 5.12. The van der Waals surface area contributed by atoms with Crippen molar-refractivity contribution in [2.45, 2.75) is 18.2 Å². The molecule has 2 aromatic heterocycles. The number of pyridine rings is 1. The Balaban J connectivity index is 1.68. The molecule has 2 heterocycles. The van der Waals surface area contributed by atoms with Gasteiger partial charge in [-0.2, -0.15) is 0 Å². The Hall–Kier alpha value is -2.23. The molecule has 0 spiro atoms. The van der Waals surface area contributed by atoms with Gasteiger partial charge in [-0.25, -0.2) is 18.5 Å². The van der Waals surface area contributed by atoms with Crippen LogP contribution in [0, 0.1) is 6.92 Å². The number of nitrogens with two attached hydrogens (primary N) is 1. The summed E-state index contributed by atoms with van der Waals surface area (Å²) >= 11 is 3.40. The fraction of sp³-hybridized carbons (Fsp3) is 0.176. The number of carbonyl (C=O) groups excluding carboxylic acids is 1. The summed E-state index contributed by atoms with van der Waals surface area (Å²) in [5, 5.41) is 7.95. The van der Waals surface area contributed by atoms with E-state index in [1.54, 1.807) is 29.7 Å². The molecule has 0 bridgehead atoms. The van der Waals surface area contributed by atoms with Gasteiger partial charge in [-0.15, -0.1) is 0 Å². The second-order valence-electron chi connectivity index (χ2n) is 5.82. The maximum absolute atomic E-state index is 12.5. The average molecular weight is 437 g/mol. The molecule has 9 heteroatoms. The van der Waals surface area contributed by atoms with E-state index >= 15 is 0 Å². The summed E-state index contributed by atoms with van der Waals surface area (Å²) in [5.41, 5.74) is 2.74. The molecule has 0 atom stereocenters. The van der Waals surface area contributed by atoms with Crippen molar-refractivity contribution >= 4 is 37.5 Å². The second-order valence-corrected chi connectivity index (χ2v) is 8.29. The Morgan fingerprint density at radius 3 is 2.58 bits per heavy atom. The molecule has 136 valence electrons. The van der Waals surface area contributed by atoms with Crippen LogP contribution in [-0.4, -0.2) is 30.3 Å². The van der Waals surface area contributed by atoms with Crippen LogP contribution in [0.1, 0.15) is 21.7 Å². The topological polar surface area (TPSA) is 107 Å². The number of hydrogen-bond donors (Lipinski definition) is 2. The number of fused-ring (bicyclic) bond motifs is 1. The highest BCUT2D eigenvalue weighted by Crippen LogP contribution is 2.16. The molecule has 0 aliphatic heterocycles. The predicted molar refractivity (Wildman–Crippen MR) is 101 cm³/mol. The van der Waals surface area contributed by atoms with Crippen molar-refractivity contribution in [1.29, 1.82) is 0 Å². The molecule has 3 rings (SSSR count). The summed E-state index contributed by atoms with van der Waals surface area (Å²) in [6.45, 7) is 2.20. The lowest BCUT2D eigenvalue weighted by Gasteiger charge is -2.07. The fourth-order valence-electron chi connectivity index (χ4n) is 2.66. The smallest absolute Gasteiger partial charge is 0.270 e.